The van der Waals surface area contributed by atoms with Gasteiger partial charge in [0.15, 0.2) is 0 Å². The third-order valence-electron chi connectivity index (χ3n) is 3.13. The fraction of sp³-hybridized carbons (Fsp3) is 0.571. The van der Waals surface area contributed by atoms with Crippen LogP contribution in [0, 0.1) is 21.7 Å². The molecule has 0 radical (unpaired) electrons. The fourth-order valence-corrected chi connectivity index (χ4v) is 2.00. The van der Waals surface area contributed by atoms with Crippen molar-refractivity contribution in [3.05, 3.63) is 33.9 Å². The lowest BCUT2D eigenvalue weighted by Gasteiger charge is -2.15. The molecule has 0 heterocycles. The largest absolute Gasteiger partial charge is 0.380 e. The lowest BCUT2D eigenvalue weighted by molar-refractivity contribution is -0.387. The van der Waals surface area contributed by atoms with E-state index in [-0.39, 0.29) is 11.7 Å². The first kappa shape index (κ1) is 16.3. The third-order valence-corrected chi connectivity index (χ3v) is 3.13. The summed E-state index contributed by atoms with van der Waals surface area (Å²) in [5.41, 5.74) is -0.742. The summed E-state index contributed by atoms with van der Waals surface area (Å²) in [5, 5.41) is 13.5. The Kier molecular flexibility index (Phi) is 6.35. The highest BCUT2D eigenvalue weighted by Gasteiger charge is 2.19. The molecular formula is C14H20F2N2O2. The zero-order valence-corrected chi connectivity index (χ0v) is 11.8. The van der Waals surface area contributed by atoms with E-state index in [1.54, 1.807) is 0 Å². The number of anilines is 1. The topological polar surface area (TPSA) is 55.2 Å². The summed E-state index contributed by atoms with van der Waals surface area (Å²) in [7, 11) is 0. The van der Waals surface area contributed by atoms with Crippen LogP contribution in [-0.2, 0) is 0 Å². The number of nitrogens with one attached hydrogen (secondary N) is 1. The second-order valence-corrected chi connectivity index (χ2v) is 4.94. The van der Waals surface area contributed by atoms with Crippen LogP contribution >= 0.6 is 0 Å². The van der Waals surface area contributed by atoms with Crippen LogP contribution in [0.1, 0.15) is 46.0 Å². The van der Waals surface area contributed by atoms with Crippen LogP contribution in [0.4, 0.5) is 20.2 Å². The van der Waals surface area contributed by atoms with Crippen molar-refractivity contribution in [3.63, 3.8) is 0 Å². The number of benzene rings is 1. The fourth-order valence-electron chi connectivity index (χ4n) is 2.00. The van der Waals surface area contributed by atoms with E-state index < -0.39 is 22.2 Å². The second-order valence-electron chi connectivity index (χ2n) is 4.94. The molecule has 0 spiro atoms. The summed E-state index contributed by atoms with van der Waals surface area (Å²) >= 11 is 0. The number of nitro groups is 1. The van der Waals surface area contributed by atoms with Gasteiger partial charge < -0.3 is 5.32 Å². The Morgan fingerprint density at radius 3 is 2.55 bits per heavy atom. The van der Waals surface area contributed by atoms with Gasteiger partial charge in [0.2, 0.25) is 5.82 Å². The first-order valence-corrected chi connectivity index (χ1v) is 6.85. The van der Waals surface area contributed by atoms with Crippen LogP contribution in [0.25, 0.3) is 0 Å². The monoisotopic (exact) mass is 286 g/mol. The average molecular weight is 286 g/mol. The van der Waals surface area contributed by atoms with E-state index in [1.807, 2.05) is 6.92 Å². The van der Waals surface area contributed by atoms with Crippen molar-refractivity contribution in [2.45, 2.75) is 52.0 Å². The summed E-state index contributed by atoms with van der Waals surface area (Å²) in [4.78, 5) is 9.78. The molecule has 4 nitrogen and oxygen atoms in total. The molecule has 112 valence electrons. The number of nitrogens with zero attached hydrogens (tertiary/aromatic N) is 1. The van der Waals surface area contributed by atoms with E-state index >= 15 is 0 Å². The maximum Gasteiger partial charge on any atom is 0.307 e. The SMILES string of the molecule is CCCCCCC(C)Nc1cc([N+](=O)[O-])c(F)cc1F. The highest BCUT2D eigenvalue weighted by molar-refractivity contribution is 5.53. The molecule has 20 heavy (non-hydrogen) atoms. The second kappa shape index (κ2) is 7.77. The average Bonchev–Trinajstić information content (AvgIpc) is 2.37. The van der Waals surface area contributed by atoms with Crippen molar-refractivity contribution < 1.29 is 13.7 Å². The van der Waals surface area contributed by atoms with Gasteiger partial charge in [0.1, 0.15) is 5.82 Å². The maximum atomic E-state index is 13.6. The van der Waals surface area contributed by atoms with Gasteiger partial charge in [-0.3, -0.25) is 10.1 Å². The van der Waals surface area contributed by atoms with Gasteiger partial charge in [-0.05, 0) is 13.3 Å². The molecule has 0 aromatic heterocycles. The molecule has 1 unspecified atom stereocenters. The Labute approximate surface area is 117 Å². The minimum atomic E-state index is -1.16. The van der Waals surface area contributed by atoms with Crippen molar-refractivity contribution in [3.8, 4) is 0 Å². The molecule has 1 atom stereocenters. The molecule has 0 fully saturated rings. The standard InChI is InChI=1S/C14H20F2N2O2/c1-3-4-5-6-7-10(2)17-13-9-14(18(19)20)12(16)8-11(13)15/h8-10,17H,3-7H2,1-2H3. The van der Waals surface area contributed by atoms with Gasteiger partial charge in [0, 0.05) is 18.2 Å². The van der Waals surface area contributed by atoms with Gasteiger partial charge in [-0.2, -0.15) is 4.39 Å². The molecule has 1 N–H and O–H groups in total. The molecule has 1 aromatic carbocycles. The summed E-state index contributed by atoms with van der Waals surface area (Å²) in [5.74, 6) is -1.97. The van der Waals surface area contributed by atoms with Crippen molar-refractivity contribution in [1.82, 2.24) is 0 Å². The van der Waals surface area contributed by atoms with Crippen LogP contribution in [-0.4, -0.2) is 11.0 Å². The summed E-state index contributed by atoms with van der Waals surface area (Å²) in [6.45, 7) is 4.00. The summed E-state index contributed by atoms with van der Waals surface area (Å²) in [6, 6.07) is 1.43. The highest BCUT2D eigenvalue weighted by atomic mass is 19.1. The van der Waals surface area contributed by atoms with Crippen LogP contribution in [0.5, 0.6) is 0 Å². The Balaban J connectivity index is 2.67. The predicted octanol–water partition coefficient (Wildman–Crippen LogP) is 4.64. The van der Waals surface area contributed by atoms with Crippen molar-refractivity contribution >= 4 is 11.4 Å². The molecule has 0 aliphatic heterocycles. The number of hydrogen-bond acceptors (Lipinski definition) is 3. The van der Waals surface area contributed by atoms with Gasteiger partial charge in [0.25, 0.3) is 0 Å². The van der Waals surface area contributed by atoms with E-state index in [0.717, 1.165) is 38.2 Å². The number of unbranched alkanes of at least 4 members (excludes halogenated alkanes) is 3. The Hall–Kier alpha value is -1.72. The van der Waals surface area contributed by atoms with Crippen molar-refractivity contribution in [1.29, 1.82) is 0 Å². The predicted molar refractivity (Wildman–Crippen MR) is 74.9 cm³/mol. The van der Waals surface area contributed by atoms with E-state index in [2.05, 4.69) is 12.2 Å². The molecule has 0 amide bonds. The minimum Gasteiger partial charge on any atom is -0.380 e. The van der Waals surface area contributed by atoms with E-state index in [9.17, 15) is 18.9 Å². The first-order valence-electron chi connectivity index (χ1n) is 6.85. The lowest BCUT2D eigenvalue weighted by atomic mass is 10.1. The van der Waals surface area contributed by atoms with Crippen molar-refractivity contribution in [2.75, 3.05) is 5.32 Å². The zero-order chi connectivity index (χ0) is 15.1. The van der Waals surface area contributed by atoms with Crippen LogP contribution in [0.2, 0.25) is 0 Å². The van der Waals surface area contributed by atoms with Crippen LogP contribution in [0.3, 0.4) is 0 Å². The molecule has 0 aliphatic rings. The van der Waals surface area contributed by atoms with Crippen molar-refractivity contribution in [2.24, 2.45) is 0 Å². The first-order chi connectivity index (χ1) is 9.45. The van der Waals surface area contributed by atoms with Gasteiger partial charge in [-0.1, -0.05) is 32.6 Å². The third kappa shape index (κ3) is 4.75. The smallest absolute Gasteiger partial charge is 0.307 e. The molecule has 0 bridgehead atoms. The van der Waals surface area contributed by atoms with E-state index in [4.69, 9.17) is 0 Å². The van der Waals surface area contributed by atoms with Gasteiger partial charge in [-0.15, -0.1) is 0 Å². The summed E-state index contributed by atoms with van der Waals surface area (Å²) < 4.78 is 26.8. The summed E-state index contributed by atoms with van der Waals surface area (Å²) in [6.07, 6.45) is 5.25. The number of rotatable bonds is 8. The lowest BCUT2D eigenvalue weighted by Crippen LogP contribution is -2.16. The molecular weight excluding hydrogens is 266 g/mol. The molecule has 6 heteroatoms. The number of nitro benzene ring substituents is 1. The molecule has 1 rings (SSSR count). The highest BCUT2D eigenvalue weighted by Crippen LogP contribution is 2.26. The van der Waals surface area contributed by atoms with Gasteiger partial charge in [-0.25, -0.2) is 4.39 Å². The van der Waals surface area contributed by atoms with Crippen LogP contribution < -0.4 is 5.32 Å². The Morgan fingerprint density at radius 2 is 1.95 bits per heavy atom. The normalized spacial score (nSPS) is 12.2. The van der Waals surface area contributed by atoms with Crippen LogP contribution in [0.15, 0.2) is 12.1 Å². The van der Waals surface area contributed by atoms with Gasteiger partial charge in [0.05, 0.1) is 10.6 Å². The molecule has 0 saturated carbocycles. The molecule has 0 saturated heterocycles. The number of halogens is 2. The molecule has 1 aromatic rings. The van der Waals surface area contributed by atoms with E-state index in [1.165, 1.54) is 0 Å². The van der Waals surface area contributed by atoms with Gasteiger partial charge >= 0.3 is 5.69 Å². The Bertz CT molecular complexity index is 467. The molecule has 0 aliphatic carbocycles. The number of hydrogen-bond donors (Lipinski definition) is 1. The zero-order valence-electron chi connectivity index (χ0n) is 11.8. The van der Waals surface area contributed by atoms with E-state index in [0.29, 0.717) is 6.07 Å². The Morgan fingerprint density at radius 1 is 1.25 bits per heavy atom. The maximum absolute atomic E-state index is 13.6. The minimum absolute atomic E-state index is 0.0218. The quantitative estimate of drug-likeness (QED) is 0.430.